The number of ether oxygens (including phenoxy) is 2. The van der Waals surface area contributed by atoms with Crippen LogP contribution in [-0.4, -0.2) is 35.1 Å². The average molecular weight is 397 g/mol. The van der Waals surface area contributed by atoms with E-state index >= 15 is 0 Å². The monoisotopic (exact) mass is 396 g/mol. The van der Waals surface area contributed by atoms with Gasteiger partial charge in [0.2, 0.25) is 0 Å². The molecule has 28 heavy (non-hydrogen) atoms. The molecule has 1 saturated heterocycles. The number of hydrogen-bond acceptors (Lipinski definition) is 5. The summed E-state index contributed by atoms with van der Waals surface area (Å²) in [6.07, 6.45) is 3.05. The zero-order valence-corrected chi connectivity index (χ0v) is 16.8. The van der Waals surface area contributed by atoms with E-state index in [0.29, 0.717) is 11.9 Å². The van der Waals surface area contributed by atoms with Gasteiger partial charge in [0.25, 0.3) is 5.56 Å². The molecule has 146 valence electrons. The van der Waals surface area contributed by atoms with Gasteiger partial charge in [-0.1, -0.05) is 36.0 Å². The maximum absolute atomic E-state index is 13.1. The Kier molecular flexibility index (Phi) is 5.98. The SMILES string of the molecule is COc1ccc(CCSc2nc3ccccc3c(=O)n2C[C@@H]2CCCO2)cc1. The van der Waals surface area contributed by atoms with Crippen LogP contribution >= 0.6 is 11.8 Å². The van der Waals surface area contributed by atoms with E-state index in [0.717, 1.165) is 48.0 Å². The summed E-state index contributed by atoms with van der Waals surface area (Å²) in [7, 11) is 1.67. The van der Waals surface area contributed by atoms with Crippen LogP contribution in [-0.2, 0) is 17.7 Å². The van der Waals surface area contributed by atoms with Gasteiger partial charge in [0, 0.05) is 12.4 Å². The number of hydrogen-bond donors (Lipinski definition) is 0. The van der Waals surface area contributed by atoms with Gasteiger partial charge in [-0.15, -0.1) is 0 Å². The normalized spacial score (nSPS) is 16.5. The molecule has 5 nitrogen and oxygen atoms in total. The van der Waals surface area contributed by atoms with Crippen LogP contribution in [0.15, 0.2) is 58.5 Å². The minimum atomic E-state index is 0.0213. The standard InChI is InChI=1S/C22H24N2O3S/c1-26-17-10-8-16(9-11-17)12-14-28-22-23-20-7-3-2-6-19(20)21(25)24(22)15-18-5-4-13-27-18/h2-3,6-11,18H,4-5,12-15H2,1H3/t18-/m0/s1. The van der Waals surface area contributed by atoms with Crippen molar-refractivity contribution in [1.82, 2.24) is 9.55 Å². The molecule has 0 spiro atoms. The van der Waals surface area contributed by atoms with Crippen molar-refractivity contribution in [2.75, 3.05) is 19.5 Å². The van der Waals surface area contributed by atoms with Crippen molar-refractivity contribution in [2.45, 2.75) is 37.1 Å². The summed E-state index contributed by atoms with van der Waals surface area (Å²) in [5.41, 5.74) is 2.01. The average Bonchev–Trinajstić information content (AvgIpc) is 3.24. The fraction of sp³-hybridized carbons (Fsp3) is 0.364. The first-order chi connectivity index (χ1) is 13.7. The van der Waals surface area contributed by atoms with Gasteiger partial charge < -0.3 is 9.47 Å². The Morgan fingerprint density at radius 1 is 1.21 bits per heavy atom. The third-order valence-electron chi connectivity index (χ3n) is 5.02. The highest BCUT2D eigenvalue weighted by Crippen LogP contribution is 2.22. The summed E-state index contributed by atoms with van der Waals surface area (Å²) in [6, 6.07) is 15.7. The molecule has 4 rings (SSSR count). The molecule has 0 unspecified atom stereocenters. The second kappa shape index (κ2) is 8.80. The van der Waals surface area contributed by atoms with Gasteiger partial charge in [-0.3, -0.25) is 9.36 Å². The van der Waals surface area contributed by atoms with Gasteiger partial charge in [0.15, 0.2) is 5.16 Å². The minimum Gasteiger partial charge on any atom is -0.497 e. The quantitative estimate of drug-likeness (QED) is 0.448. The van der Waals surface area contributed by atoms with Crippen molar-refractivity contribution < 1.29 is 9.47 Å². The number of fused-ring (bicyclic) bond motifs is 1. The summed E-state index contributed by atoms with van der Waals surface area (Å²) in [5.74, 6) is 1.71. The van der Waals surface area contributed by atoms with Gasteiger partial charge in [-0.2, -0.15) is 0 Å². The first-order valence-electron chi connectivity index (χ1n) is 9.61. The van der Waals surface area contributed by atoms with E-state index in [2.05, 4.69) is 12.1 Å². The first-order valence-corrected chi connectivity index (χ1v) is 10.6. The maximum Gasteiger partial charge on any atom is 0.262 e. The smallest absolute Gasteiger partial charge is 0.262 e. The Morgan fingerprint density at radius 2 is 2.04 bits per heavy atom. The van der Waals surface area contributed by atoms with Gasteiger partial charge in [-0.05, 0) is 49.1 Å². The zero-order chi connectivity index (χ0) is 19.3. The highest BCUT2D eigenvalue weighted by Gasteiger charge is 2.20. The van der Waals surface area contributed by atoms with Crippen LogP contribution in [0.4, 0.5) is 0 Å². The lowest BCUT2D eigenvalue weighted by Gasteiger charge is -2.16. The van der Waals surface area contributed by atoms with Crippen LogP contribution in [0.2, 0.25) is 0 Å². The Labute approximate surface area is 168 Å². The van der Waals surface area contributed by atoms with Crippen molar-refractivity contribution in [1.29, 1.82) is 0 Å². The van der Waals surface area contributed by atoms with E-state index in [1.165, 1.54) is 5.56 Å². The lowest BCUT2D eigenvalue weighted by molar-refractivity contribution is 0.0937. The fourth-order valence-electron chi connectivity index (χ4n) is 3.46. The molecule has 0 radical (unpaired) electrons. The number of rotatable bonds is 7. The van der Waals surface area contributed by atoms with Gasteiger partial charge in [0.1, 0.15) is 5.75 Å². The zero-order valence-electron chi connectivity index (χ0n) is 16.0. The molecule has 0 N–H and O–H groups in total. The molecule has 1 aliphatic heterocycles. The lowest BCUT2D eigenvalue weighted by Crippen LogP contribution is -2.28. The summed E-state index contributed by atoms with van der Waals surface area (Å²) in [4.78, 5) is 17.9. The molecule has 0 amide bonds. The minimum absolute atomic E-state index is 0.0213. The summed E-state index contributed by atoms with van der Waals surface area (Å²) < 4.78 is 12.8. The summed E-state index contributed by atoms with van der Waals surface area (Å²) in [6.45, 7) is 1.35. The van der Waals surface area contributed by atoms with Crippen LogP contribution in [0.3, 0.4) is 0 Å². The van der Waals surface area contributed by atoms with Crippen LogP contribution in [0.25, 0.3) is 10.9 Å². The molecule has 3 aromatic rings. The Hall–Kier alpha value is -2.31. The van der Waals surface area contributed by atoms with E-state index in [1.807, 2.05) is 36.4 Å². The Morgan fingerprint density at radius 3 is 2.79 bits per heavy atom. The first kappa shape index (κ1) is 19.0. The van der Waals surface area contributed by atoms with E-state index < -0.39 is 0 Å². The predicted molar refractivity (Wildman–Crippen MR) is 112 cm³/mol. The second-order valence-electron chi connectivity index (χ2n) is 6.91. The molecule has 6 heteroatoms. The van der Waals surface area contributed by atoms with Crippen molar-refractivity contribution in [2.24, 2.45) is 0 Å². The third-order valence-corrected chi connectivity index (χ3v) is 6.00. The van der Waals surface area contributed by atoms with Crippen molar-refractivity contribution in [3.63, 3.8) is 0 Å². The number of benzene rings is 2. The molecule has 1 aliphatic rings. The van der Waals surface area contributed by atoms with Crippen LogP contribution in [0.5, 0.6) is 5.75 Å². The van der Waals surface area contributed by atoms with E-state index in [1.54, 1.807) is 23.4 Å². The fourth-order valence-corrected chi connectivity index (χ4v) is 4.46. The molecular formula is C22H24N2O3S. The Bertz CT molecular complexity index is 995. The molecule has 2 aromatic carbocycles. The van der Waals surface area contributed by atoms with Crippen molar-refractivity contribution in [3.05, 3.63) is 64.4 Å². The third kappa shape index (κ3) is 4.23. The number of nitrogens with zero attached hydrogens (tertiary/aromatic N) is 2. The largest absolute Gasteiger partial charge is 0.497 e. The molecule has 0 bridgehead atoms. The molecule has 0 aliphatic carbocycles. The number of methoxy groups -OCH3 is 1. The van der Waals surface area contributed by atoms with Crippen LogP contribution < -0.4 is 10.3 Å². The summed E-state index contributed by atoms with van der Waals surface area (Å²) in [5, 5.41) is 1.44. The molecule has 1 atom stereocenters. The maximum atomic E-state index is 13.1. The van der Waals surface area contributed by atoms with Crippen LogP contribution in [0, 0.1) is 0 Å². The van der Waals surface area contributed by atoms with E-state index in [9.17, 15) is 4.79 Å². The van der Waals surface area contributed by atoms with Gasteiger partial charge >= 0.3 is 0 Å². The molecule has 1 aromatic heterocycles. The number of thioether (sulfide) groups is 1. The number of aryl methyl sites for hydroxylation is 1. The topological polar surface area (TPSA) is 53.3 Å². The molecule has 1 fully saturated rings. The molecule has 2 heterocycles. The Balaban J connectivity index is 1.55. The highest BCUT2D eigenvalue weighted by atomic mass is 32.2. The van der Waals surface area contributed by atoms with E-state index in [4.69, 9.17) is 14.5 Å². The lowest BCUT2D eigenvalue weighted by atomic mass is 10.2. The molecular weight excluding hydrogens is 372 g/mol. The van der Waals surface area contributed by atoms with E-state index in [-0.39, 0.29) is 11.7 Å². The summed E-state index contributed by atoms with van der Waals surface area (Å²) >= 11 is 1.63. The number of para-hydroxylation sites is 1. The molecule has 0 saturated carbocycles. The highest BCUT2D eigenvalue weighted by molar-refractivity contribution is 7.99. The number of aromatic nitrogens is 2. The van der Waals surface area contributed by atoms with Crippen molar-refractivity contribution >= 4 is 22.7 Å². The van der Waals surface area contributed by atoms with Crippen molar-refractivity contribution in [3.8, 4) is 5.75 Å². The van der Waals surface area contributed by atoms with Gasteiger partial charge in [0.05, 0.1) is 30.7 Å². The second-order valence-corrected chi connectivity index (χ2v) is 7.97. The van der Waals surface area contributed by atoms with Gasteiger partial charge in [-0.25, -0.2) is 4.98 Å². The predicted octanol–water partition coefficient (Wildman–Crippen LogP) is 3.92. The van der Waals surface area contributed by atoms with Crippen LogP contribution in [0.1, 0.15) is 18.4 Å².